The highest BCUT2D eigenvalue weighted by Crippen LogP contribution is 2.31. The van der Waals surface area contributed by atoms with Gasteiger partial charge in [-0.25, -0.2) is 4.98 Å². The van der Waals surface area contributed by atoms with Gasteiger partial charge in [0.15, 0.2) is 8.68 Å². The average molecular weight is 285 g/mol. The van der Waals surface area contributed by atoms with Gasteiger partial charge in [-0.3, -0.25) is 0 Å². The Morgan fingerprint density at radius 2 is 2.06 bits per heavy atom. The van der Waals surface area contributed by atoms with E-state index in [4.69, 9.17) is 0 Å². The molecule has 2 heterocycles. The van der Waals surface area contributed by atoms with Gasteiger partial charge in [0.25, 0.3) is 0 Å². The number of aliphatic hydroxyl groups is 1. The Labute approximate surface area is 112 Å². The lowest BCUT2D eigenvalue weighted by Crippen LogP contribution is -1.91. The molecule has 0 saturated carbocycles. The minimum Gasteiger partial charge on any atom is -0.389 e. The van der Waals surface area contributed by atoms with Crippen LogP contribution < -0.4 is 0 Å². The molecule has 0 fully saturated rings. The van der Waals surface area contributed by atoms with Crippen molar-refractivity contribution in [3.8, 4) is 0 Å². The number of hydrogen-bond donors (Lipinski definition) is 1. The number of hydrogen-bond acceptors (Lipinski definition) is 7. The highest BCUT2D eigenvalue weighted by atomic mass is 32.2. The van der Waals surface area contributed by atoms with Crippen molar-refractivity contribution in [2.24, 2.45) is 0 Å². The van der Waals surface area contributed by atoms with E-state index in [9.17, 15) is 5.11 Å². The Hall–Kier alpha value is -0.630. The van der Waals surface area contributed by atoms with Crippen molar-refractivity contribution in [3.05, 3.63) is 23.9 Å². The van der Waals surface area contributed by atoms with Crippen LogP contribution in [0.4, 0.5) is 0 Å². The van der Waals surface area contributed by atoms with E-state index in [2.05, 4.69) is 15.2 Å². The first-order valence-corrected chi connectivity index (χ1v) is 7.74. The Bertz CT molecular complexity index is 484. The Morgan fingerprint density at radius 1 is 1.29 bits per heavy atom. The normalized spacial score (nSPS) is 12.6. The summed E-state index contributed by atoms with van der Waals surface area (Å²) in [7, 11) is 0. The topological polar surface area (TPSA) is 58.9 Å². The Balaban J connectivity index is 2.08. The van der Waals surface area contributed by atoms with Gasteiger partial charge in [0.2, 0.25) is 0 Å². The number of nitrogens with zero attached hydrogens (tertiary/aromatic N) is 3. The van der Waals surface area contributed by atoms with Gasteiger partial charge in [-0.1, -0.05) is 29.2 Å². The van der Waals surface area contributed by atoms with Gasteiger partial charge in [0.1, 0.15) is 5.03 Å². The van der Waals surface area contributed by atoms with E-state index in [1.807, 2.05) is 18.4 Å². The monoisotopic (exact) mass is 285 g/mol. The molecule has 1 atom stereocenters. The summed E-state index contributed by atoms with van der Waals surface area (Å²) >= 11 is 4.62. The molecule has 0 saturated heterocycles. The standard InChI is InChI=1S/C10H11N3OS3/c1-6(14)7-3-4-8(11-5-7)16-10-13-12-9(15-2)17-10/h3-6,14H,1-2H3/t6-/m0/s1. The third-order valence-electron chi connectivity index (χ3n) is 2.00. The molecule has 0 radical (unpaired) electrons. The maximum Gasteiger partial charge on any atom is 0.181 e. The van der Waals surface area contributed by atoms with Crippen LogP contribution in [0.2, 0.25) is 0 Å². The summed E-state index contributed by atoms with van der Waals surface area (Å²) in [6.45, 7) is 1.72. The van der Waals surface area contributed by atoms with Crippen LogP contribution in [0, 0.1) is 0 Å². The molecule has 2 aromatic heterocycles. The third-order valence-corrected chi connectivity index (χ3v) is 4.90. The first-order valence-electron chi connectivity index (χ1n) is 4.88. The number of aromatic nitrogens is 3. The summed E-state index contributed by atoms with van der Waals surface area (Å²) < 4.78 is 1.83. The van der Waals surface area contributed by atoms with E-state index in [1.165, 1.54) is 11.8 Å². The second-order valence-corrected chi connectivity index (χ2v) is 6.54. The fourth-order valence-electron chi connectivity index (χ4n) is 1.11. The summed E-state index contributed by atoms with van der Waals surface area (Å²) in [6, 6.07) is 3.75. The molecule has 1 N–H and O–H groups in total. The second kappa shape index (κ2) is 5.81. The second-order valence-electron chi connectivity index (χ2n) is 3.25. The summed E-state index contributed by atoms with van der Waals surface area (Å²) in [6.07, 6.45) is 3.18. The summed E-state index contributed by atoms with van der Waals surface area (Å²) in [5, 5.41) is 18.3. The summed E-state index contributed by atoms with van der Waals surface area (Å²) in [5.41, 5.74) is 0.816. The van der Waals surface area contributed by atoms with Crippen LogP contribution in [0.15, 0.2) is 32.0 Å². The van der Waals surface area contributed by atoms with E-state index in [-0.39, 0.29) is 0 Å². The van der Waals surface area contributed by atoms with Crippen LogP contribution in [0.3, 0.4) is 0 Å². The van der Waals surface area contributed by atoms with Gasteiger partial charge in [-0.05, 0) is 36.6 Å². The van der Waals surface area contributed by atoms with E-state index >= 15 is 0 Å². The molecular weight excluding hydrogens is 274 g/mol. The van der Waals surface area contributed by atoms with Crippen molar-refractivity contribution in [2.75, 3.05) is 6.26 Å². The van der Waals surface area contributed by atoms with Crippen molar-refractivity contribution in [1.29, 1.82) is 0 Å². The molecule has 2 aromatic rings. The lowest BCUT2D eigenvalue weighted by atomic mass is 10.2. The average Bonchev–Trinajstić information content (AvgIpc) is 2.77. The maximum atomic E-state index is 9.37. The molecule has 0 aliphatic heterocycles. The molecule has 0 aliphatic carbocycles. The van der Waals surface area contributed by atoms with E-state index in [0.717, 1.165) is 19.3 Å². The lowest BCUT2D eigenvalue weighted by Gasteiger charge is -2.03. The van der Waals surface area contributed by atoms with Crippen LogP contribution in [0.5, 0.6) is 0 Å². The van der Waals surface area contributed by atoms with E-state index < -0.39 is 6.10 Å². The van der Waals surface area contributed by atoms with Crippen LogP contribution in [0.25, 0.3) is 0 Å². The predicted molar refractivity (Wildman–Crippen MR) is 70.7 cm³/mol. The van der Waals surface area contributed by atoms with Gasteiger partial charge in [0, 0.05) is 6.20 Å². The minimum atomic E-state index is -0.480. The van der Waals surface area contributed by atoms with E-state index in [0.29, 0.717) is 0 Å². The Kier molecular flexibility index (Phi) is 4.38. The summed E-state index contributed by atoms with van der Waals surface area (Å²) in [4.78, 5) is 4.27. The SMILES string of the molecule is CSc1nnc(Sc2ccc([C@H](C)O)cn2)s1. The first kappa shape index (κ1) is 12.8. The zero-order valence-corrected chi connectivity index (χ0v) is 11.8. The van der Waals surface area contributed by atoms with Crippen LogP contribution in [-0.4, -0.2) is 26.5 Å². The minimum absolute atomic E-state index is 0.480. The lowest BCUT2D eigenvalue weighted by molar-refractivity contribution is 0.198. The van der Waals surface area contributed by atoms with Crippen molar-refractivity contribution in [2.45, 2.75) is 26.7 Å². The van der Waals surface area contributed by atoms with Crippen molar-refractivity contribution in [1.82, 2.24) is 15.2 Å². The largest absolute Gasteiger partial charge is 0.389 e. The number of pyridine rings is 1. The predicted octanol–water partition coefficient (Wildman–Crippen LogP) is 2.86. The van der Waals surface area contributed by atoms with Crippen molar-refractivity contribution >= 4 is 34.9 Å². The van der Waals surface area contributed by atoms with Crippen molar-refractivity contribution < 1.29 is 5.11 Å². The molecular formula is C10H11N3OS3. The molecule has 0 aliphatic rings. The first-order chi connectivity index (χ1) is 8.19. The fourth-order valence-corrected chi connectivity index (χ4v) is 3.43. The van der Waals surface area contributed by atoms with Gasteiger partial charge < -0.3 is 5.11 Å². The van der Waals surface area contributed by atoms with Gasteiger partial charge in [-0.15, -0.1) is 10.2 Å². The van der Waals surface area contributed by atoms with Crippen LogP contribution in [-0.2, 0) is 0 Å². The van der Waals surface area contributed by atoms with Crippen molar-refractivity contribution in [3.63, 3.8) is 0 Å². The van der Waals surface area contributed by atoms with Gasteiger partial charge in [-0.2, -0.15) is 0 Å². The summed E-state index contributed by atoms with van der Waals surface area (Å²) in [5.74, 6) is 0. The van der Waals surface area contributed by atoms with Crippen LogP contribution >= 0.6 is 34.9 Å². The fraction of sp³-hybridized carbons (Fsp3) is 0.300. The molecule has 2 rings (SSSR count). The molecule has 17 heavy (non-hydrogen) atoms. The van der Waals surface area contributed by atoms with Gasteiger partial charge in [0.05, 0.1) is 6.10 Å². The molecule has 90 valence electrons. The molecule has 0 spiro atoms. The quantitative estimate of drug-likeness (QED) is 0.872. The molecule has 0 unspecified atom stereocenters. The molecule has 0 aromatic carbocycles. The number of aliphatic hydroxyl groups excluding tert-OH is 1. The zero-order valence-electron chi connectivity index (χ0n) is 9.32. The molecule has 7 heteroatoms. The molecule has 0 amide bonds. The molecule has 4 nitrogen and oxygen atoms in total. The number of thioether (sulfide) groups is 1. The van der Waals surface area contributed by atoms with Crippen LogP contribution in [0.1, 0.15) is 18.6 Å². The Morgan fingerprint density at radius 3 is 2.59 bits per heavy atom. The number of rotatable bonds is 4. The maximum absolute atomic E-state index is 9.37. The smallest absolute Gasteiger partial charge is 0.181 e. The molecule has 0 bridgehead atoms. The zero-order chi connectivity index (χ0) is 12.3. The van der Waals surface area contributed by atoms with Gasteiger partial charge >= 0.3 is 0 Å². The third kappa shape index (κ3) is 3.41. The highest BCUT2D eigenvalue weighted by molar-refractivity contribution is 8.02. The van der Waals surface area contributed by atoms with E-state index in [1.54, 1.807) is 36.2 Å². The highest BCUT2D eigenvalue weighted by Gasteiger charge is 2.07.